The number of amides is 1. The van der Waals surface area contributed by atoms with Gasteiger partial charge in [-0.05, 0) is 112 Å². The van der Waals surface area contributed by atoms with Crippen molar-refractivity contribution < 1.29 is 17.6 Å². The Bertz CT molecular complexity index is 1170. The Balaban J connectivity index is 1.19. The number of halogens is 3. The van der Waals surface area contributed by atoms with Crippen LogP contribution in [0, 0.1) is 11.7 Å². The van der Waals surface area contributed by atoms with Crippen LogP contribution >= 0.6 is 23.2 Å². The van der Waals surface area contributed by atoms with Crippen LogP contribution in [0.1, 0.15) is 50.5 Å². The molecule has 1 heterocycles. The van der Waals surface area contributed by atoms with Crippen molar-refractivity contribution in [2.45, 2.75) is 49.8 Å². The number of carbonyl (C=O) groups excluding carboxylic acids is 1. The third-order valence-corrected chi connectivity index (χ3v) is 8.95. The molecule has 38 heavy (non-hydrogen) atoms. The predicted octanol–water partition coefficient (Wildman–Crippen LogP) is 5.90. The highest BCUT2D eigenvalue weighted by Gasteiger charge is 2.19. The summed E-state index contributed by atoms with van der Waals surface area (Å²) < 4.78 is 40.2. The molecule has 0 bridgehead atoms. The lowest BCUT2D eigenvalue weighted by molar-refractivity contribution is -0.116. The number of nitrogens with zero attached hydrogens (tertiary/aromatic N) is 1. The summed E-state index contributed by atoms with van der Waals surface area (Å²) in [5, 5.41) is 3.86. The van der Waals surface area contributed by atoms with Crippen molar-refractivity contribution in [2.75, 3.05) is 32.7 Å². The van der Waals surface area contributed by atoms with Crippen molar-refractivity contribution >= 4 is 45.2 Å². The summed E-state index contributed by atoms with van der Waals surface area (Å²) in [6, 6.07) is 10.1. The van der Waals surface area contributed by atoms with Gasteiger partial charge < -0.3 is 10.2 Å². The molecule has 2 aromatic rings. The molecular weight excluding hydrogens is 548 g/mol. The van der Waals surface area contributed by atoms with E-state index in [1.807, 2.05) is 6.07 Å². The second kappa shape index (κ2) is 15.6. The average Bonchev–Trinajstić information content (AvgIpc) is 2.90. The third-order valence-electron chi connectivity index (χ3n) is 6.73. The van der Waals surface area contributed by atoms with Crippen LogP contribution in [0.4, 0.5) is 4.39 Å². The standard InChI is InChI=1S/C28H36Cl2FN3O3S/c29-26-12-6-23(21-27(26)30)7-13-28(35)32-16-2-1-3-18-34-19-14-22(15-20-34)5-4-17-33-38(36,37)25-10-8-24(31)9-11-25/h6-13,21-22,33H,1-5,14-20H2,(H,32,35)/b13-7+. The number of benzene rings is 2. The number of carbonyl (C=O) groups is 1. The van der Waals surface area contributed by atoms with Crippen molar-refractivity contribution in [3.63, 3.8) is 0 Å². The molecule has 0 saturated carbocycles. The van der Waals surface area contributed by atoms with Gasteiger partial charge in [0.2, 0.25) is 15.9 Å². The van der Waals surface area contributed by atoms with Crippen LogP contribution in [0.15, 0.2) is 53.4 Å². The fraction of sp³-hybridized carbons (Fsp3) is 0.464. The molecule has 1 aliphatic rings. The minimum Gasteiger partial charge on any atom is -0.353 e. The van der Waals surface area contributed by atoms with E-state index in [0.717, 1.165) is 82.3 Å². The maximum atomic E-state index is 13.0. The molecule has 0 aromatic heterocycles. The molecule has 2 N–H and O–H groups in total. The van der Waals surface area contributed by atoms with E-state index in [2.05, 4.69) is 14.9 Å². The first-order valence-corrected chi connectivity index (χ1v) is 15.4. The number of hydrogen-bond acceptors (Lipinski definition) is 4. The van der Waals surface area contributed by atoms with E-state index in [-0.39, 0.29) is 10.8 Å². The first-order chi connectivity index (χ1) is 18.2. The number of nitrogens with one attached hydrogen (secondary N) is 2. The lowest BCUT2D eigenvalue weighted by Crippen LogP contribution is -2.34. The normalized spacial score (nSPS) is 15.2. The third kappa shape index (κ3) is 10.7. The van der Waals surface area contributed by atoms with Crippen molar-refractivity contribution in [1.29, 1.82) is 0 Å². The van der Waals surface area contributed by atoms with Crippen LogP contribution in [0.3, 0.4) is 0 Å². The molecule has 1 amide bonds. The summed E-state index contributed by atoms with van der Waals surface area (Å²) in [6.07, 6.45) is 10.4. The van der Waals surface area contributed by atoms with Crippen LogP contribution in [0.5, 0.6) is 0 Å². The van der Waals surface area contributed by atoms with Gasteiger partial charge in [-0.15, -0.1) is 0 Å². The van der Waals surface area contributed by atoms with Crippen molar-refractivity contribution in [1.82, 2.24) is 14.9 Å². The minimum absolute atomic E-state index is 0.0892. The van der Waals surface area contributed by atoms with Gasteiger partial charge in [0.1, 0.15) is 5.82 Å². The highest BCUT2D eigenvalue weighted by atomic mass is 35.5. The van der Waals surface area contributed by atoms with E-state index in [1.54, 1.807) is 18.2 Å². The number of hydrogen-bond donors (Lipinski definition) is 2. The molecule has 3 rings (SSSR count). The highest BCUT2D eigenvalue weighted by molar-refractivity contribution is 7.89. The Morgan fingerprint density at radius 3 is 2.42 bits per heavy atom. The molecule has 1 aliphatic heterocycles. The van der Waals surface area contributed by atoms with Gasteiger partial charge in [0, 0.05) is 19.2 Å². The molecule has 208 valence electrons. The Hall–Kier alpha value is -1.97. The van der Waals surface area contributed by atoms with Crippen LogP contribution in [0.2, 0.25) is 10.0 Å². The fourth-order valence-corrected chi connectivity index (χ4v) is 5.87. The number of likely N-dealkylation sites (tertiary alicyclic amines) is 1. The van der Waals surface area contributed by atoms with Gasteiger partial charge in [-0.1, -0.05) is 35.7 Å². The summed E-state index contributed by atoms with van der Waals surface area (Å²) in [4.78, 5) is 14.6. The molecule has 0 unspecified atom stereocenters. The second-order valence-corrected chi connectivity index (χ2v) is 12.2. The number of unbranched alkanes of at least 4 members (excludes halogenated alkanes) is 2. The summed E-state index contributed by atoms with van der Waals surface area (Å²) in [6.45, 7) is 4.25. The summed E-state index contributed by atoms with van der Waals surface area (Å²) in [5.41, 5.74) is 0.824. The number of piperidine rings is 1. The molecule has 0 spiro atoms. The predicted molar refractivity (Wildman–Crippen MR) is 152 cm³/mol. The van der Waals surface area contributed by atoms with Crippen LogP contribution in [-0.4, -0.2) is 51.9 Å². The van der Waals surface area contributed by atoms with Crippen molar-refractivity contribution in [2.24, 2.45) is 5.92 Å². The van der Waals surface area contributed by atoms with Crippen molar-refractivity contribution in [3.8, 4) is 0 Å². The highest BCUT2D eigenvalue weighted by Crippen LogP contribution is 2.23. The van der Waals surface area contributed by atoms with E-state index >= 15 is 0 Å². The molecular formula is C28H36Cl2FN3O3S. The van der Waals surface area contributed by atoms with E-state index in [0.29, 0.717) is 29.1 Å². The molecule has 1 saturated heterocycles. The number of rotatable bonds is 14. The van der Waals surface area contributed by atoms with Crippen LogP contribution in [-0.2, 0) is 14.8 Å². The van der Waals surface area contributed by atoms with Gasteiger partial charge in [-0.2, -0.15) is 0 Å². The van der Waals surface area contributed by atoms with E-state index in [1.165, 1.54) is 18.2 Å². The van der Waals surface area contributed by atoms with E-state index in [9.17, 15) is 17.6 Å². The monoisotopic (exact) mass is 583 g/mol. The Kier molecular flexibility index (Phi) is 12.5. The van der Waals surface area contributed by atoms with Gasteiger partial charge >= 0.3 is 0 Å². The van der Waals surface area contributed by atoms with Gasteiger partial charge in [0.15, 0.2) is 0 Å². The lowest BCUT2D eigenvalue weighted by atomic mass is 9.92. The maximum absolute atomic E-state index is 13.0. The summed E-state index contributed by atoms with van der Waals surface area (Å²) in [5.74, 6) is 0.0420. The average molecular weight is 585 g/mol. The molecule has 0 aliphatic carbocycles. The van der Waals surface area contributed by atoms with Gasteiger partial charge in [-0.3, -0.25) is 4.79 Å². The van der Waals surface area contributed by atoms with Gasteiger partial charge in [-0.25, -0.2) is 17.5 Å². The molecule has 6 nitrogen and oxygen atoms in total. The second-order valence-electron chi connectivity index (χ2n) is 9.64. The Morgan fingerprint density at radius 2 is 1.71 bits per heavy atom. The summed E-state index contributed by atoms with van der Waals surface area (Å²) in [7, 11) is -3.59. The minimum atomic E-state index is -3.59. The SMILES string of the molecule is O=C(/C=C/c1ccc(Cl)c(Cl)c1)NCCCCCN1CCC(CCCNS(=O)(=O)c2ccc(F)cc2)CC1. The Labute approximate surface area is 235 Å². The smallest absolute Gasteiger partial charge is 0.243 e. The largest absolute Gasteiger partial charge is 0.353 e. The first-order valence-electron chi connectivity index (χ1n) is 13.1. The first kappa shape index (κ1) is 30.6. The van der Waals surface area contributed by atoms with Crippen LogP contribution in [0.25, 0.3) is 6.08 Å². The zero-order valence-electron chi connectivity index (χ0n) is 21.5. The quantitative estimate of drug-likeness (QED) is 0.214. The molecule has 1 fully saturated rings. The van der Waals surface area contributed by atoms with Gasteiger partial charge in [0.25, 0.3) is 0 Å². The zero-order chi connectivity index (χ0) is 27.4. The van der Waals surface area contributed by atoms with Gasteiger partial charge in [0.05, 0.1) is 14.9 Å². The van der Waals surface area contributed by atoms with Crippen molar-refractivity contribution in [3.05, 3.63) is 70.0 Å². The maximum Gasteiger partial charge on any atom is 0.243 e. The molecule has 2 aromatic carbocycles. The lowest BCUT2D eigenvalue weighted by Gasteiger charge is -2.32. The zero-order valence-corrected chi connectivity index (χ0v) is 23.8. The molecule has 10 heteroatoms. The molecule has 0 radical (unpaired) electrons. The molecule has 0 atom stereocenters. The topological polar surface area (TPSA) is 78.5 Å². The van der Waals surface area contributed by atoms with E-state index in [4.69, 9.17) is 23.2 Å². The van der Waals surface area contributed by atoms with Crippen LogP contribution < -0.4 is 10.0 Å². The number of sulfonamides is 1. The van der Waals surface area contributed by atoms with E-state index < -0.39 is 15.8 Å². The fourth-order valence-electron chi connectivity index (χ4n) is 4.49. The Morgan fingerprint density at radius 1 is 0.974 bits per heavy atom. The summed E-state index contributed by atoms with van der Waals surface area (Å²) >= 11 is 11.9.